The molecule has 3 N–H and O–H groups in total. The number of nitrogens with two attached hydrogens (primary N) is 1. The summed E-state index contributed by atoms with van der Waals surface area (Å²) >= 11 is 5.72. The monoisotopic (exact) mass is 294 g/mol. The number of hydrogen-bond donors (Lipinski definition) is 2. The zero-order chi connectivity index (χ0) is 14.6. The van der Waals surface area contributed by atoms with Gasteiger partial charge in [0.2, 0.25) is 5.91 Å². The third-order valence-electron chi connectivity index (χ3n) is 2.61. The molecule has 1 atom stereocenters. The summed E-state index contributed by atoms with van der Waals surface area (Å²) in [5.41, 5.74) is 3.93. The van der Waals surface area contributed by atoms with Crippen LogP contribution in [-0.4, -0.2) is 12.5 Å². The third kappa shape index (κ3) is 4.11. The summed E-state index contributed by atoms with van der Waals surface area (Å²) in [6, 6.07) is 3.35. The maximum atomic E-state index is 12.8. The predicted molar refractivity (Wildman–Crippen MR) is 67.9 cm³/mol. The summed E-state index contributed by atoms with van der Waals surface area (Å²) in [6.45, 7) is 1.87. The van der Waals surface area contributed by atoms with Crippen LogP contribution in [0.5, 0.6) is 0 Å². The molecular formula is C12H14ClF3N2O. The van der Waals surface area contributed by atoms with E-state index in [1.54, 1.807) is 6.92 Å². The highest BCUT2D eigenvalue weighted by Gasteiger charge is 2.35. The van der Waals surface area contributed by atoms with Crippen molar-refractivity contribution in [2.45, 2.75) is 19.5 Å². The molecule has 0 aliphatic rings. The van der Waals surface area contributed by atoms with Gasteiger partial charge in [0.15, 0.2) is 0 Å². The highest BCUT2D eigenvalue weighted by Crippen LogP contribution is 2.38. The number of amides is 1. The van der Waals surface area contributed by atoms with Gasteiger partial charge in [0.1, 0.15) is 0 Å². The molecule has 0 heterocycles. The van der Waals surface area contributed by atoms with Crippen molar-refractivity contribution in [1.29, 1.82) is 0 Å². The molecule has 1 aromatic rings. The Morgan fingerprint density at radius 1 is 1.47 bits per heavy atom. The van der Waals surface area contributed by atoms with Gasteiger partial charge in [0, 0.05) is 5.92 Å². The number of rotatable bonds is 4. The molecule has 3 nitrogen and oxygen atoms in total. The van der Waals surface area contributed by atoms with Crippen LogP contribution in [-0.2, 0) is 11.0 Å². The second-order valence-electron chi connectivity index (χ2n) is 4.13. The number of para-hydroxylation sites is 1. The van der Waals surface area contributed by atoms with Gasteiger partial charge in [-0.2, -0.15) is 13.2 Å². The SMILES string of the molecule is CC(CCN)C(=O)Nc1c(Cl)cccc1C(F)(F)F. The highest BCUT2D eigenvalue weighted by molar-refractivity contribution is 6.34. The molecule has 0 aromatic heterocycles. The second-order valence-corrected chi connectivity index (χ2v) is 4.54. The summed E-state index contributed by atoms with van der Waals surface area (Å²) in [4.78, 5) is 11.7. The number of benzene rings is 1. The van der Waals surface area contributed by atoms with E-state index in [9.17, 15) is 18.0 Å². The molecule has 0 bridgehead atoms. The topological polar surface area (TPSA) is 55.1 Å². The van der Waals surface area contributed by atoms with Crippen LogP contribution in [0.25, 0.3) is 0 Å². The summed E-state index contributed by atoms with van der Waals surface area (Å²) in [5, 5.41) is 2.07. The van der Waals surface area contributed by atoms with E-state index in [1.165, 1.54) is 12.1 Å². The van der Waals surface area contributed by atoms with Gasteiger partial charge in [-0.05, 0) is 25.1 Å². The maximum Gasteiger partial charge on any atom is 0.418 e. The molecule has 0 fully saturated rings. The smallest absolute Gasteiger partial charge is 0.330 e. The Morgan fingerprint density at radius 2 is 2.11 bits per heavy atom. The van der Waals surface area contributed by atoms with Crippen molar-refractivity contribution in [3.05, 3.63) is 28.8 Å². The van der Waals surface area contributed by atoms with E-state index in [0.29, 0.717) is 6.42 Å². The van der Waals surface area contributed by atoms with Crippen molar-refractivity contribution in [2.24, 2.45) is 11.7 Å². The van der Waals surface area contributed by atoms with E-state index >= 15 is 0 Å². The molecule has 0 saturated heterocycles. The molecule has 0 aliphatic carbocycles. The van der Waals surface area contributed by atoms with Crippen molar-refractivity contribution < 1.29 is 18.0 Å². The first-order chi connectivity index (χ1) is 8.77. The number of alkyl halides is 3. The zero-order valence-electron chi connectivity index (χ0n) is 10.2. The van der Waals surface area contributed by atoms with Crippen LogP contribution in [0.15, 0.2) is 18.2 Å². The Morgan fingerprint density at radius 3 is 2.63 bits per heavy atom. The normalized spacial score (nSPS) is 13.2. The van der Waals surface area contributed by atoms with Crippen molar-refractivity contribution in [3.8, 4) is 0 Å². The Balaban J connectivity index is 3.04. The lowest BCUT2D eigenvalue weighted by atomic mass is 10.1. The van der Waals surface area contributed by atoms with E-state index in [-0.39, 0.29) is 11.6 Å². The molecule has 0 aliphatic heterocycles. The van der Waals surface area contributed by atoms with Crippen molar-refractivity contribution >= 4 is 23.2 Å². The molecule has 0 saturated carbocycles. The van der Waals surface area contributed by atoms with Gasteiger partial charge in [0.25, 0.3) is 0 Å². The van der Waals surface area contributed by atoms with Gasteiger partial charge in [0.05, 0.1) is 16.3 Å². The number of anilines is 1. The van der Waals surface area contributed by atoms with Crippen LogP contribution in [0.1, 0.15) is 18.9 Å². The lowest BCUT2D eigenvalue weighted by molar-refractivity contribution is -0.137. The third-order valence-corrected chi connectivity index (χ3v) is 2.93. The van der Waals surface area contributed by atoms with Crippen molar-refractivity contribution in [2.75, 3.05) is 11.9 Å². The molecule has 1 unspecified atom stereocenters. The standard InChI is InChI=1S/C12H14ClF3N2O/c1-7(5-6-17)11(19)18-10-8(12(14,15)16)3-2-4-9(10)13/h2-4,7H,5-6,17H2,1H3,(H,18,19). The van der Waals surface area contributed by atoms with Gasteiger partial charge in [-0.3, -0.25) is 4.79 Å². The van der Waals surface area contributed by atoms with Crippen LogP contribution in [0.4, 0.5) is 18.9 Å². The van der Waals surface area contributed by atoms with Gasteiger partial charge in [-0.1, -0.05) is 24.6 Å². The van der Waals surface area contributed by atoms with E-state index in [1.807, 2.05) is 0 Å². The molecule has 7 heteroatoms. The Labute approximate surface area is 113 Å². The number of carbonyl (C=O) groups is 1. The minimum absolute atomic E-state index is 0.150. The van der Waals surface area contributed by atoms with Gasteiger partial charge >= 0.3 is 6.18 Å². The first kappa shape index (κ1) is 15.8. The lowest BCUT2D eigenvalue weighted by Gasteiger charge is -2.17. The number of halogens is 4. The van der Waals surface area contributed by atoms with Crippen LogP contribution >= 0.6 is 11.6 Å². The molecule has 19 heavy (non-hydrogen) atoms. The summed E-state index contributed by atoms with van der Waals surface area (Å²) in [6.07, 6.45) is -4.19. The zero-order valence-corrected chi connectivity index (χ0v) is 11.0. The molecule has 0 spiro atoms. The summed E-state index contributed by atoms with van der Waals surface area (Å²) < 4.78 is 38.4. The first-order valence-electron chi connectivity index (χ1n) is 5.64. The summed E-state index contributed by atoms with van der Waals surface area (Å²) in [7, 11) is 0. The van der Waals surface area contributed by atoms with E-state index in [2.05, 4.69) is 5.32 Å². The quantitative estimate of drug-likeness (QED) is 0.895. The van der Waals surface area contributed by atoms with E-state index < -0.39 is 29.3 Å². The molecule has 1 aromatic carbocycles. The number of nitrogens with one attached hydrogen (secondary N) is 1. The second kappa shape index (κ2) is 6.25. The minimum Gasteiger partial charge on any atom is -0.330 e. The van der Waals surface area contributed by atoms with Gasteiger partial charge in [-0.15, -0.1) is 0 Å². The minimum atomic E-state index is -4.58. The average Bonchev–Trinajstić information content (AvgIpc) is 2.30. The molecular weight excluding hydrogens is 281 g/mol. The van der Waals surface area contributed by atoms with Crippen LogP contribution in [0.3, 0.4) is 0 Å². The van der Waals surface area contributed by atoms with Crippen molar-refractivity contribution in [1.82, 2.24) is 0 Å². The number of carbonyl (C=O) groups excluding carboxylic acids is 1. The van der Waals surface area contributed by atoms with Crippen LogP contribution in [0, 0.1) is 5.92 Å². The lowest BCUT2D eigenvalue weighted by Crippen LogP contribution is -2.24. The molecule has 1 rings (SSSR count). The molecule has 1 amide bonds. The van der Waals surface area contributed by atoms with Crippen LogP contribution in [0.2, 0.25) is 5.02 Å². The average molecular weight is 295 g/mol. The van der Waals surface area contributed by atoms with Crippen LogP contribution < -0.4 is 11.1 Å². The highest BCUT2D eigenvalue weighted by atomic mass is 35.5. The largest absolute Gasteiger partial charge is 0.418 e. The Bertz CT molecular complexity index is 463. The van der Waals surface area contributed by atoms with Crippen molar-refractivity contribution in [3.63, 3.8) is 0 Å². The Hall–Kier alpha value is -1.27. The van der Waals surface area contributed by atoms with Gasteiger partial charge in [-0.25, -0.2) is 0 Å². The first-order valence-corrected chi connectivity index (χ1v) is 6.01. The molecule has 106 valence electrons. The maximum absolute atomic E-state index is 12.8. The summed E-state index contributed by atoms with van der Waals surface area (Å²) in [5.74, 6) is -1.02. The Kier molecular flexibility index (Phi) is 5.20. The molecule has 0 radical (unpaired) electrons. The fraction of sp³-hybridized carbons (Fsp3) is 0.417. The fourth-order valence-corrected chi connectivity index (χ4v) is 1.74. The van der Waals surface area contributed by atoms with Gasteiger partial charge < -0.3 is 11.1 Å². The fourth-order valence-electron chi connectivity index (χ4n) is 1.51. The van der Waals surface area contributed by atoms with E-state index in [4.69, 9.17) is 17.3 Å². The predicted octanol–water partition coefficient (Wildman–Crippen LogP) is 3.28. The number of hydrogen-bond acceptors (Lipinski definition) is 2. The van der Waals surface area contributed by atoms with E-state index in [0.717, 1.165) is 6.07 Å².